The minimum atomic E-state index is -0.521. The summed E-state index contributed by atoms with van der Waals surface area (Å²) in [4.78, 5) is 11.5. The van der Waals surface area contributed by atoms with Gasteiger partial charge in [-0.25, -0.2) is 4.79 Å². The zero-order valence-corrected chi connectivity index (χ0v) is 9.66. The van der Waals surface area contributed by atoms with Gasteiger partial charge in [-0.15, -0.1) is 0 Å². The van der Waals surface area contributed by atoms with E-state index < -0.39 is 6.23 Å². The third-order valence-corrected chi connectivity index (χ3v) is 2.75. The molecular formula is C12H21NO2. The maximum atomic E-state index is 11.5. The summed E-state index contributed by atoms with van der Waals surface area (Å²) in [6, 6.07) is 0. The molecule has 0 heterocycles. The van der Waals surface area contributed by atoms with Gasteiger partial charge in [-0.2, -0.15) is 0 Å². The largest absolute Gasteiger partial charge is 0.444 e. The van der Waals surface area contributed by atoms with Crippen molar-refractivity contribution in [1.29, 1.82) is 0 Å². The van der Waals surface area contributed by atoms with Gasteiger partial charge in [0.1, 0.15) is 6.23 Å². The zero-order chi connectivity index (χ0) is 11.3. The van der Waals surface area contributed by atoms with Crippen molar-refractivity contribution in [3.8, 4) is 0 Å². The summed E-state index contributed by atoms with van der Waals surface area (Å²) in [5, 5.41) is 0. The van der Waals surface area contributed by atoms with Gasteiger partial charge in [0.25, 0.3) is 0 Å². The minimum Gasteiger partial charge on any atom is -0.444 e. The third-order valence-electron chi connectivity index (χ3n) is 2.75. The molecule has 0 aromatic carbocycles. The van der Waals surface area contributed by atoms with E-state index in [0.717, 1.165) is 0 Å². The molecule has 1 aliphatic rings. The van der Waals surface area contributed by atoms with Crippen LogP contribution in [0.15, 0.2) is 11.6 Å². The van der Waals surface area contributed by atoms with Crippen LogP contribution in [0.1, 0.15) is 46.0 Å². The minimum absolute atomic E-state index is 0.282. The van der Waals surface area contributed by atoms with E-state index in [2.05, 4.69) is 0 Å². The molecule has 3 heteroatoms. The van der Waals surface area contributed by atoms with Crippen LogP contribution < -0.4 is 5.73 Å². The van der Waals surface area contributed by atoms with Gasteiger partial charge in [0.15, 0.2) is 0 Å². The topological polar surface area (TPSA) is 52.3 Å². The number of ether oxygens (including phenoxy) is 1. The summed E-state index contributed by atoms with van der Waals surface area (Å²) in [7, 11) is 0. The Morgan fingerprint density at radius 3 is 2.53 bits per heavy atom. The van der Waals surface area contributed by atoms with Gasteiger partial charge >= 0.3 is 5.97 Å². The fourth-order valence-corrected chi connectivity index (χ4v) is 1.98. The Morgan fingerprint density at radius 2 is 2.00 bits per heavy atom. The molecule has 1 fully saturated rings. The maximum Gasteiger partial charge on any atom is 0.334 e. The summed E-state index contributed by atoms with van der Waals surface area (Å²) >= 11 is 0. The van der Waals surface area contributed by atoms with Crippen molar-refractivity contribution in [1.82, 2.24) is 0 Å². The first-order chi connectivity index (χ1) is 7.09. The Hall–Kier alpha value is -0.830. The number of hydrogen-bond acceptors (Lipinski definition) is 3. The fraction of sp³-hybridized carbons (Fsp3) is 0.750. The van der Waals surface area contributed by atoms with Crippen LogP contribution in [0.5, 0.6) is 0 Å². The van der Waals surface area contributed by atoms with Crippen molar-refractivity contribution in [2.24, 2.45) is 11.7 Å². The van der Waals surface area contributed by atoms with Gasteiger partial charge in [0, 0.05) is 5.57 Å². The van der Waals surface area contributed by atoms with E-state index in [9.17, 15) is 4.79 Å². The molecule has 3 nitrogen and oxygen atoms in total. The van der Waals surface area contributed by atoms with Crippen LogP contribution in [0.2, 0.25) is 0 Å². The molecule has 0 aromatic heterocycles. The van der Waals surface area contributed by atoms with Gasteiger partial charge in [-0.1, -0.05) is 25.3 Å². The van der Waals surface area contributed by atoms with Crippen LogP contribution in [0.3, 0.4) is 0 Å². The number of nitrogens with two attached hydrogens (primary N) is 1. The lowest BCUT2D eigenvalue weighted by atomic mass is 9.88. The number of esters is 1. The quantitative estimate of drug-likeness (QED) is 0.443. The first-order valence-electron chi connectivity index (χ1n) is 5.74. The van der Waals surface area contributed by atoms with E-state index in [0.29, 0.717) is 11.5 Å². The summed E-state index contributed by atoms with van der Waals surface area (Å²) in [6.07, 6.45) is 7.80. The average molecular weight is 211 g/mol. The standard InChI is InChI=1S/C12H21NO2/c1-9(12(14)15-10(2)13)8-11-6-4-3-5-7-11/h8,10-11H,3-7,13H2,1-2H3/b9-8+. The van der Waals surface area contributed by atoms with Gasteiger partial charge in [0.05, 0.1) is 0 Å². The summed E-state index contributed by atoms with van der Waals surface area (Å²) in [6.45, 7) is 3.46. The van der Waals surface area contributed by atoms with Crippen molar-refractivity contribution in [3.05, 3.63) is 11.6 Å². The fourth-order valence-electron chi connectivity index (χ4n) is 1.98. The molecule has 86 valence electrons. The third kappa shape index (κ3) is 4.47. The van der Waals surface area contributed by atoms with Gasteiger partial charge in [-0.05, 0) is 32.6 Å². The molecule has 0 amide bonds. The average Bonchev–Trinajstić information content (AvgIpc) is 2.18. The van der Waals surface area contributed by atoms with Crippen LogP contribution in [0.25, 0.3) is 0 Å². The number of rotatable bonds is 3. The molecule has 1 rings (SSSR count). The van der Waals surface area contributed by atoms with Gasteiger partial charge < -0.3 is 4.74 Å². The van der Waals surface area contributed by atoms with Crippen LogP contribution in [0, 0.1) is 5.92 Å². The van der Waals surface area contributed by atoms with E-state index in [1.807, 2.05) is 6.08 Å². The van der Waals surface area contributed by atoms with E-state index >= 15 is 0 Å². The summed E-state index contributed by atoms with van der Waals surface area (Å²) in [5.41, 5.74) is 6.09. The second-order valence-electron chi connectivity index (χ2n) is 4.36. The predicted octanol–water partition coefficient (Wildman–Crippen LogP) is 2.36. The highest BCUT2D eigenvalue weighted by atomic mass is 16.6. The van der Waals surface area contributed by atoms with Crippen molar-refractivity contribution in [3.63, 3.8) is 0 Å². The zero-order valence-electron chi connectivity index (χ0n) is 9.66. The Labute approximate surface area is 91.7 Å². The summed E-state index contributed by atoms with van der Waals surface area (Å²) < 4.78 is 4.92. The number of hydrogen-bond donors (Lipinski definition) is 1. The molecule has 0 bridgehead atoms. The lowest BCUT2D eigenvalue weighted by Gasteiger charge is -2.18. The lowest BCUT2D eigenvalue weighted by Crippen LogP contribution is -2.24. The molecule has 1 atom stereocenters. The molecular weight excluding hydrogens is 190 g/mol. The smallest absolute Gasteiger partial charge is 0.334 e. The van der Waals surface area contributed by atoms with Gasteiger partial charge in [-0.3, -0.25) is 5.73 Å². The molecule has 0 saturated heterocycles. The number of carbonyl (C=O) groups is 1. The van der Waals surface area contributed by atoms with E-state index in [1.54, 1.807) is 13.8 Å². The highest BCUT2D eigenvalue weighted by Gasteiger charge is 2.14. The number of carbonyl (C=O) groups excluding carboxylic acids is 1. The maximum absolute atomic E-state index is 11.5. The van der Waals surface area contributed by atoms with Crippen molar-refractivity contribution in [2.75, 3.05) is 0 Å². The Morgan fingerprint density at radius 1 is 1.40 bits per heavy atom. The molecule has 1 saturated carbocycles. The normalized spacial score (nSPS) is 21.1. The Bertz CT molecular complexity index is 240. The second kappa shape index (κ2) is 5.91. The SMILES string of the molecule is C/C(=C\C1CCCCC1)C(=O)OC(C)N. The Balaban J connectivity index is 2.46. The second-order valence-corrected chi connectivity index (χ2v) is 4.36. The van der Waals surface area contributed by atoms with E-state index in [4.69, 9.17) is 10.5 Å². The highest BCUT2D eigenvalue weighted by molar-refractivity contribution is 5.87. The molecule has 0 aromatic rings. The lowest BCUT2D eigenvalue weighted by molar-refractivity contribution is -0.143. The molecule has 2 N–H and O–H groups in total. The summed E-state index contributed by atoms with van der Waals surface area (Å²) in [5.74, 6) is 0.273. The molecule has 15 heavy (non-hydrogen) atoms. The molecule has 0 spiro atoms. The number of allylic oxidation sites excluding steroid dienone is 1. The van der Waals surface area contributed by atoms with Crippen molar-refractivity contribution >= 4 is 5.97 Å². The van der Waals surface area contributed by atoms with Crippen molar-refractivity contribution < 1.29 is 9.53 Å². The van der Waals surface area contributed by atoms with Crippen molar-refractivity contribution in [2.45, 2.75) is 52.2 Å². The van der Waals surface area contributed by atoms with Gasteiger partial charge in [0.2, 0.25) is 0 Å². The first kappa shape index (κ1) is 12.2. The van der Waals surface area contributed by atoms with Crippen LogP contribution >= 0.6 is 0 Å². The van der Waals surface area contributed by atoms with Crippen LogP contribution in [-0.2, 0) is 9.53 Å². The van der Waals surface area contributed by atoms with Crippen LogP contribution in [-0.4, -0.2) is 12.2 Å². The predicted molar refractivity (Wildman–Crippen MR) is 60.1 cm³/mol. The molecule has 1 unspecified atom stereocenters. The first-order valence-corrected chi connectivity index (χ1v) is 5.74. The molecule has 1 aliphatic carbocycles. The van der Waals surface area contributed by atoms with E-state index in [1.165, 1.54) is 32.1 Å². The highest BCUT2D eigenvalue weighted by Crippen LogP contribution is 2.25. The Kier molecular flexibility index (Phi) is 4.82. The molecule has 0 radical (unpaired) electrons. The van der Waals surface area contributed by atoms with E-state index in [-0.39, 0.29) is 5.97 Å². The molecule has 0 aliphatic heterocycles. The monoisotopic (exact) mass is 211 g/mol. The van der Waals surface area contributed by atoms with Crippen LogP contribution in [0.4, 0.5) is 0 Å².